The summed E-state index contributed by atoms with van der Waals surface area (Å²) in [4.78, 5) is 12.3. The fourth-order valence-electron chi connectivity index (χ4n) is 2.61. The quantitative estimate of drug-likeness (QED) is 0.697. The van der Waals surface area contributed by atoms with Gasteiger partial charge in [0.15, 0.2) is 0 Å². The molecule has 3 aromatic rings. The second-order valence-corrected chi connectivity index (χ2v) is 6.11. The molecule has 3 nitrogen and oxygen atoms in total. The maximum Gasteiger partial charge on any atom is 0.255 e. The number of hydrogen-bond acceptors (Lipinski definition) is 2. The smallest absolute Gasteiger partial charge is 0.255 e. The number of amides is 1. The van der Waals surface area contributed by atoms with Crippen LogP contribution < -0.4 is 10.6 Å². The Morgan fingerprint density at radius 1 is 0.800 bits per heavy atom. The third-order valence-corrected chi connectivity index (χ3v) is 4.00. The van der Waals surface area contributed by atoms with Crippen LogP contribution in [-0.2, 0) is 13.1 Å². The molecule has 0 aliphatic carbocycles. The van der Waals surface area contributed by atoms with Crippen LogP contribution in [-0.4, -0.2) is 5.91 Å². The predicted molar refractivity (Wildman–Crippen MR) is 103 cm³/mol. The lowest BCUT2D eigenvalue weighted by Gasteiger charge is -2.09. The van der Waals surface area contributed by atoms with Crippen LogP contribution in [0.4, 0.5) is 5.69 Å². The highest BCUT2D eigenvalue weighted by atomic mass is 16.1. The summed E-state index contributed by atoms with van der Waals surface area (Å²) in [5.41, 5.74) is 5.01. The summed E-state index contributed by atoms with van der Waals surface area (Å²) >= 11 is 0. The number of aryl methyl sites for hydroxylation is 1. The summed E-state index contributed by atoms with van der Waals surface area (Å²) in [5, 5.41) is 6.38. The zero-order valence-electron chi connectivity index (χ0n) is 14.3. The van der Waals surface area contributed by atoms with Crippen LogP contribution in [0.1, 0.15) is 27.0 Å². The SMILES string of the molecule is Cc1ccc(C(=O)Nc2cccc(CNCc3ccccc3)c2)cc1. The normalized spacial score (nSPS) is 10.4. The molecule has 3 heteroatoms. The van der Waals surface area contributed by atoms with Gasteiger partial charge in [0.05, 0.1) is 0 Å². The van der Waals surface area contributed by atoms with Crippen LogP contribution in [0.3, 0.4) is 0 Å². The molecule has 0 aromatic heterocycles. The first kappa shape index (κ1) is 16.9. The molecule has 0 heterocycles. The highest BCUT2D eigenvalue weighted by molar-refractivity contribution is 6.04. The van der Waals surface area contributed by atoms with Crippen molar-refractivity contribution in [1.82, 2.24) is 5.32 Å². The van der Waals surface area contributed by atoms with Crippen molar-refractivity contribution in [2.24, 2.45) is 0 Å². The third-order valence-electron chi connectivity index (χ3n) is 4.00. The van der Waals surface area contributed by atoms with E-state index in [0.29, 0.717) is 5.56 Å². The van der Waals surface area contributed by atoms with Gasteiger partial charge in [-0.05, 0) is 42.3 Å². The number of benzene rings is 3. The maximum absolute atomic E-state index is 12.3. The molecule has 1 amide bonds. The van der Waals surface area contributed by atoms with Crippen molar-refractivity contribution in [1.29, 1.82) is 0 Å². The first-order chi connectivity index (χ1) is 12.2. The third kappa shape index (κ3) is 5.03. The fourth-order valence-corrected chi connectivity index (χ4v) is 2.61. The zero-order chi connectivity index (χ0) is 17.5. The molecule has 0 aliphatic heterocycles. The van der Waals surface area contributed by atoms with Crippen LogP contribution in [0.2, 0.25) is 0 Å². The first-order valence-electron chi connectivity index (χ1n) is 8.42. The van der Waals surface area contributed by atoms with Crippen molar-refractivity contribution in [3.63, 3.8) is 0 Å². The first-order valence-corrected chi connectivity index (χ1v) is 8.42. The van der Waals surface area contributed by atoms with Gasteiger partial charge < -0.3 is 10.6 Å². The van der Waals surface area contributed by atoms with Crippen molar-refractivity contribution in [3.8, 4) is 0 Å². The van der Waals surface area contributed by atoms with Crippen molar-refractivity contribution in [3.05, 3.63) is 101 Å². The number of hydrogen-bond donors (Lipinski definition) is 2. The minimum absolute atomic E-state index is 0.0885. The van der Waals surface area contributed by atoms with Gasteiger partial charge in [0.25, 0.3) is 5.91 Å². The van der Waals surface area contributed by atoms with Gasteiger partial charge in [-0.3, -0.25) is 4.79 Å². The van der Waals surface area contributed by atoms with Gasteiger partial charge in [-0.25, -0.2) is 0 Å². The summed E-state index contributed by atoms with van der Waals surface area (Å²) in [7, 11) is 0. The van der Waals surface area contributed by atoms with Gasteiger partial charge in [0, 0.05) is 24.3 Å². The molecule has 0 saturated carbocycles. The van der Waals surface area contributed by atoms with Gasteiger partial charge in [0.1, 0.15) is 0 Å². The van der Waals surface area contributed by atoms with Crippen molar-refractivity contribution in [2.45, 2.75) is 20.0 Å². The largest absolute Gasteiger partial charge is 0.322 e. The van der Waals surface area contributed by atoms with Gasteiger partial charge >= 0.3 is 0 Å². The van der Waals surface area contributed by atoms with E-state index in [1.54, 1.807) is 0 Å². The Balaban J connectivity index is 1.57. The number of carbonyl (C=O) groups is 1. The lowest BCUT2D eigenvalue weighted by atomic mass is 10.1. The van der Waals surface area contributed by atoms with E-state index in [9.17, 15) is 4.79 Å². The Bertz CT molecular complexity index is 826. The predicted octanol–water partition coefficient (Wildman–Crippen LogP) is 4.54. The fraction of sp³-hybridized carbons (Fsp3) is 0.136. The molecule has 2 N–H and O–H groups in total. The summed E-state index contributed by atoms with van der Waals surface area (Å²) < 4.78 is 0. The van der Waals surface area contributed by atoms with Crippen LogP contribution in [0.15, 0.2) is 78.9 Å². The minimum atomic E-state index is -0.0885. The molecule has 0 saturated heterocycles. The van der Waals surface area contributed by atoms with E-state index in [1.165, 1.54) is 5.56 Å². The Kier molecular flexibility index (Phi) is 5.60. The molecule has 0 unspecified atom stereocenters. The van der Waals surface area contributed by atoms with E-state index in [4.69, 9.17) is 0 Å². The molecule has 0 aliphatic rings. The minimum Gasteiger partial charge on any atom is -0.322 e. The van der Waals surface area contributed by atoms with E-state index in [1.807, 2.05) is 67.6 Å². The second kappa shape index (κ2) is 8.27. The van der Waals surface area contributed by atoms with Gasteiger partial charge in [-0.1, -0.05) is 60.2 Å². The molecule has 0 atom stereocenters. The Morgan fingerprint density at radius 2 is 1.48 bits per heavy atom. The van der Waals surface area contributed by atoms with Gasteiger partial charge in [0.2, 0.25) is 0 Å². The number of rotatable bonds is 6. The number of nitrogens with one attached hydrogen (secondary N) is 2. The summed E-state index contributed by atoms with van der Waals surface area (Å²) in [5.74, 6) is -0.0885. The number of carbonyl (C=O) groups excluding carboxylic acids is 1. The molecule has 3 rings (SSSR count). The average molecular weight is 330 g/mol. The maximum atomic E-state index is 12.3. The monoisotopic (exact) mass is 330 g/mol. The van der Waals surface area contributed by atoms with E-state index < -0.39 is 0 Å². The topological polar surface area (TPSA) is 41.1 Å². The Labute approximate surface area is 148 Å². The molecular formula is C22H22N2O. The van der Waals surface area contributed by atoms with Crippen LogP contribution in [0, 0.1) is 6.92 Å². The lowest BCUT2D eigenvalue weighted by molar-refractivity contribution is 0.102. The molecule has 0 spiro atoms. The van der Waals surface area contributed by atoms with Crippen LogP contribution >= 0.6 is 0 Å². The van der Waals surface area contributed by atoms with E-state index in [-0.39, 0.29) is 5.91 Å². The lowest BCUT2D eigenvalue weighted by Crippen LogP contribution is -2.14. The van der Waals surface area contributed by atoms with Crippen LogP contribution in [0.5, 0.6) is 0 Å². The van der Waals surface area contributed by atoms with Crippen molar-refractivity contribution < 1.29 is 4.79 Å². The molecule has 0 radical (unpaired) electrons. The second-order valence-electron chi connectivity index (χ2n) is 6.11. The van der Waals surface area contributed by atoms with E-state index >= 15 is 0 Å². The highest BCUT2D eigenvalue weighted by Gasteiger charge is 2.06. The van der Waals surface area contributed by atoms with Crippen molar-refractivity contribution in [2.75, 3.05) is 5.32 Å². The summed E-state index contributed by atoms with van der Waals surface area (Å²) in [6, 6.07) is 25.8. The Hall–Kier alpha value is -2.91. The molecule has 3 aromatic carbocycles. The number of anilines is 1. The summed E-state index contributed by atoms with van der Waals surface area (Å²) in [6.07, 6.45) is 0. The standard InChI is InChI=1S/C22H22N2O/c1-17-10-12-20(13-11-17)22(25)24-21-9-5-8-19(14-21)16-23-15-18-6-3-2-4-7-18/h2-14,23H,15-16H2,1H3,(H,24,25). The van der Waals surface area contributed by atoms with E-state index in [2.05, 4.69) is 28.8 Å². The highest BCUT2D eigenvalue weighted by Crippen LogP contribution is 2.13. The molecule has 126 valence electrons. The van der Waals surface area contributed by atoms with E-state index in [0.717, 1.165) is 29.9 Å². The zero-order valence-corrected chi connectivity index (χ0v) is 14.3. The van der Waals surface area contributed by atoms with Gasteiger partial charge in [-0.2, -0.15) is 0 Å². The molecule has 0 fully saturated rings. The van der Waals surface area contributed by atoms with Crippen molar-refractivity contribution >= 4 is 11.6 Å². The average Bonchev–Trinajstić information content (AvgIpc) is 2.63. The molecule has 0 bridgehead atoms. The van der Waals surface area contributed by atoms with Gasteiger partial charge in [-0.15, -0.1) is 0 Å². The van der Waals surface area contributed by atoms with Crippen LogP contribution in [0.25, 0.3) is 0 Å². The Morgan fingerprint density at radius 3 is 2.24 bits per heavy atom. The molecular weight excluding hydrogens is 308 g/mol. The molecule has 25 heavy (non-hydrogen) atoms. The summed E-state index contributed by atoms with van der Waals surface area (Å²) in [6.45, 7) is 3.58.